The van der Waals surface area contributed by atoms with E-state index in [4.69, 9.17) is 23.4 Å². The van der Waals surface area contributed by atoms with E-state index < -0.39 is 0 Å². The summed E-state index contributed by atoms with van der Waals surface area (Å²) in [5.74, 6) is 2.34. The number of aromatic nitrogens is 1. The van der Waals surface area contributed by atoms with Gasteiger partial charge in [0.15, 0.2) is 11.5 Å². The van der Waals surface area contributed by atoms with E-state index in [0.717, 1.165) is 0 Å². The molecule has 0 amide bonds. The van der Waals surface area contributed by atoms with Gasteiger partial charge in [0.2, 0.25) is 11.6 Å². The van der Waals surface area contributed by atoms with Gasteiger partial charge in [-0.05, 0) is 12.1 Å². The Bertz CT molecular complexity index is 539. The molecule has 0 fully saturated rings. The van der Waals surface area contributed by atoms with Gasteiger partial charge in [-0.3, -0.25) is 0 Å². The van der Waals surface area contributed by atoms with Gasteiger partial charge >= 0.3 is 5.95 Å². The monoisotopic (exact) mass is 265 g/mol. The van der Waals surface area contributed by atoms with Crippen molar-refractivity contribution in [3.8, 4) is 34.6 Å². The lowest BCUT2D eigenvalue weighted by molar-refractivity contribution is 0.308. The molecule has 0 aliphatic rings. The van der Waals surface area contributed by atoms with Gasteiger partial charge in [-0.15, -0.1) is 0 Å². The first kappa shape index (κ1) is 13.1. The normalized spacial score (nSPS) is 10.1. The molecule has 2 aromatic rings. The lowest BCUT2D eigenvalue weighted by Crippen LogP contribution is -1.95. The molecule has 0 saturated heterocycles. The van der Waals surface area contributed by atoms with Gasteiger partial charge in [0, 0.05) is 5.56 Å². The Morgan fingerprint density at radius 3 is 1.95 bits per heavy atom. The minimum Gasteiger partial charge on any atom is -0.493 e. The Hall–Kier alpha value is -2.37. The van der Waals surface area contributed by atoms with Crippen LogP contribution in [0.4, 0.5) is 0 Å². The standard InChI is InChI=1S/C13H15NO5/c1-15-9-5-8(6-10(16-2)12(9)18-4)13-14-7-11(17-3)19-13/h5-7H,1-4H3. The SMILES string of the molecule is COc1cnc(-c2cc(OC)c(OC)c(OC)c2)o1. The fourth-order valence-electron chi connectivity index (χ4n) is 1.69. The Kier molecular flexibility index (Phi) is 3.79. The van der Waals surface area contributed by atoms with Gasteiger partial charge in [-0.25, -0.2) is 4.98 Å². The van der Waals surface area contributed by atoms with Crippen molar-refractivity contribution in [2.45, 2.75) is 0 Å². The highest BCUT2D eigenvalue weighted by molar-refractivity contribution is 5.65. The fraction of sp³-hybridized carbons (Fsp3) is 0.308. The molecule has 0 spiro atoms. The summed E-state index contributed by atoms with van der Waals surface area (Å²) in [6.07, 6.45) is 1.50. The summed E-state index contributed by atoms with van der Waals surface area (Å²) in [4.78, 5) is 4.12. The largest absolute Gasteiger partial charge is 0.493 e. The van der Waals surface area contributed by atoms with E-state index in [0.29, 0.717) is 34.6 Å². The van der Waals surface area contributed by atoms with E-state index in [1.54, 1.807) is 33.5 Å². The number of benzene rings is 1. The number of oxazole rings is 1. The quantitative estimate of drug-likeness (QED) is 0.827. The van der Waals surface area contributed by atoms with Crippen molar-refractivity contribution in [1.29, 1.82) is 0 Å². The number of methoxy groups -OCH3 is 4. The maximum Gasteiger partial charge on any atom is 0.305 e. The molecule has 2 rings (SSSR count). The smallest absolute Gasteiger partial charge is 0.305 e. The second kappa shape index (κ2) is 5.51. The molecule has 1 aromatic carbocycles. The zero-order chi connectivity index (χ0) is 13.8. The first-order valence-corrected chi connectivity index (χ1v) is 5.53. The van der Waals surface area contributed by atoms with Crippen LogP contribution >= 0.6 is 0 Å². The third kappa shape index (κ3) is 2.42. The van der Waals surface area contributed by atoms with Crippen molar-refractivity contribution in [2.24, 2.45) is 0 Å². The molecule has 0 N–H and O–H groups in total. The summed E-state index contributed by atoms with van der Waals surface area (Å²) >= 11 is 0. The summed E-state index contributed by atoms with van der Waals surface area (Å²) in [6.45, 7) is 0. The van der Waals surface area contributed by atoms with Crippen LogP contribution in [0.5, 0.6) is 23.2 Å². The Morgan fingerprint density at radius 2 is 1.53 bits per heavy atom. The highest BCUT2D eigenvalue weighted by Crippen LogP contribution is 2.41. The zero-order valence-corrected chi connectivity index (χ0v) is 11.2. The summed E-state index contributed by atoms with van der Waals surface area (Å²) in [7, 11) is 6.17. The van der Waals surface area contributed by atoms with Gasteiger partial charge in [-0.2, -0.15) is 0 Å². The zero-order valence-electron chi connectivity index (χ0n) is 11.2. The predicted octanol–water partition coefficient (Wildman–Crippen LogP) is 2.38. The number of nitrogens with zero attached hydrogens (tertiary/aromatic N) is 1. The second-order valence-electron chi connectivity index (χ2n) is 3.60. The predicted molar refractivity (Wildman–Crippen MR) is 68.1 cm³/mol. The van der Waals surface area contributed by atoms with Crippen molar-refractivity contribution >= 4 is 0 Å². The van der Waals surface area contributed by atoms with Crippen molar-refractivity contribution in [2.75, 3.05) is 28.4 Å². The minimum atomic E-state index is 0.337. The Labute approximate surface area is 110 Å². The van der Waals surface area contributed by atoms with Crippen LogP contribution in [0.1, 0.15) is 0 Å². The number of hydrogen-bond acceptors (Lipinski definition) is 6. The molecule has 1 aromatic heterocycles. The highest BCUT2D eigenvalue weighted by Gasteiger charge is 2.16. The molecular weight excluding hydrogens is 250 g/mol. The van der Waals surface area contributed by atoms with Crippen LogP contribution in [-0.2, 0) is 0 Å². The maximum absolute atomic E-state index is 5.41. The summed E-state index contributed by atoms with van der Waals surface area (Å²) in [5.41, 5.74) is 0.706. The van der Waals surface area contributed by atoms with Crippen LogP contribution in [0.2, 0.25) is 0 Å². The molecule has 0 unspecified atom stereocenters. The Morgan fingerprint density at radius 1 is 0.895 bits per heavy atom. The van der Waals surface area contributed by atoms with Crippen molar-refractivity contribution < 1.29 is 23.4 Å². The first-order valence-electron chi connectivity index (χ1n) is 5.53. The molecule has 0 radical (unpaired) electrons. The third-order valence-electron chi connectivity index (χ3n) is 2.60. The molecule has 0 saturated carbocycles. The van der Waals surface area contributed by atoms with Gasteiger partial charge in [0.1, 0.15) is 6.20 Å². The Balaban J connectivity index is 2.51. The number of hydrogen-bond donors (Lipinski definition) is 0. The summed E-state index contributed by atoms with van der Waals surface area (Å²) in [6, 6.07) is 3.51. The molecule has 6 heteroatoms. The van der Waals surface area contributed by atoms with Crippen molar-refractivity contribution in [1.82, 2.24) is 4.98 Å². The topological polar surface area (TPSA) is 63.0 Å². The summed E-state index contributed by atoms with van der Waals surface area (Å²) < 4.78 is 26.2. The molecule has 6 nitrogen and oxygen atoms in total. The van der Waals surface area contributed by atoms with Crippen LogP contribution in [0.25, 0.3) is 11.5 Å². The third-order valence-corrected chi connectivity index (χ3v) is 2.60. The van der Waals surface area contributed by atoms with Gasteiger partial charge < -0.3 is 23.4 Å². The number of rotatable bonds is 5. The van der Waals surface area contributed by atoms with E-state index >= 15 is 0 Å². The van der Waals surface area contributed by atoms with Crippen molar-refractivity contribution in [3.63, 3.8) is 0 Å². The molecule has 1 heterocycles. The maximum atomic E-state index is 5.41. The molecule has 19 heavy (non-hydrogen) atoms. The molecular formula is C13H15NO5. The van der Waals surface area contributed by atoms with Crippen LogP contribution in [-0.4, -0.2) is 33.4 Å². The highest BCUT2D eigenvalue weighted by atomic mass is 16.6. The lowest BCUT2D eigenvalue weighted by atomic mass is 10.2. The number of ether oxygens (including phenoxy) is 4. The van der Waals surface area contributed by atoms with Crippen LogP contribution < -0.4 is 18.9 Å². The van der Waals surface area contributed by atoms with Gasteiger partial charge in [0.25, 0.3) is 0 Å². The second-order valence-corrected chi connectivity index (χ2v) is 3.60. The molecule has 0 aliphatic carbocycles. The average Bonchev–Trinajstić information content (AvgIpc) is 2.94. The van der Waals surface area contributed by atoms with Gasteiger partial charge in [-0.1, -0.05) is 0 Å². The molecule has 0 atom stereocenters. The van der Waals surface area contributed by atoms with E-state index in [-0.39, 0.29) is 0 Å². The van der Waals surface area contributed by atoms with E-state index in [1.165, 1.54) is 13.3 Å². The van der Waals surface area contributed by atoms with E-state index in [2.05, 4.69) is 4.98 Å². The minimum absolute atomic E-state index is 0.337. The van der Waals surface area contributed by atoms with E-state index in [1.807, 2.05) is 0 Å². The molecule has 0 bridgehead atoms. The molecule has 0 aliphatic heterocycles. The van der Waals surface area contributed by atoms with Crippen LogP contribution in [0, 0.1) is 0 Å². The molecule has 102 valence electrons. The lowest BCUT2D eigenvalue weighted by Gasteiger charge is -2.12. The average molecular weight is 265 g/mol. The van der Waals surface area contributed by atoms with Crippen LogP contribution in [0.3, 0.4) is 0 Å². The fourth-order valence-corrected chi connectivity index (χ4v) is 1.69. The van der Waals surface area contributed by atoms with E-state index in [9.17, 15) is 0 Å². The van der Waals surface area contributed by atoms with Gasteiger partial charge in [0.05, 0.1) is 28.4 Å². The first-order chi connectivity index (χ1) is 9.23. The summed E-state index contributed by atoms with van der Waals surface area (Å²) in [5, 5.41) is 0. The van der Waals surface area contributed by atoms with Crippen LogP contribution in [0.15, 0.2) is 22.7 Å². The van der Waals surface area contributed by atoms with Crippen molar-refractivity contribution in [3.05, 3.63) is 18.3 Å².